The Morgan fingerprint density at radius 1 is 1.00 bits per heavy atom. The molecule has 22 heavy (non-hydrogen) atoms. The van der Waals surface area contributed by atoms with Gasteiger partial charge in [0.25, 0.3) is 0 Å². The lowest BCUT2D eigenvalue weighted by Crippen LogP contribution is -1.98. The number of rotatable bonds is 7. The third-order valence-electron chi connectivity index (χ3n) is 2.45. The Labute approximate surface area is 134 Å². The minimum Gasteiger partial charge on any atom is -0.494 e. The van der Waals surface area contributed by atoms with E-state index >= 15 is 0 Å². The average molecular weight is 306 g/mol. The van der Waals surface area contributed by atoms with Gasteiger partial charge in [-0.15, -0.1) is 10.2 Å². The van der Waals surface area contributed by atoms with Crippen molar-refractivity contribution >= 4 is 0 Å². The maximum absolute atomic E-state index is 5.59. The Morgan fingerprint density at radius 3 is 2.27 bits per heavy atom. The summed E-state index contributed by atoms with van der Waals surface area (Å²) in [6.45, 7) is 9.01. The predicted molar refractivity (Wildman–Crippen MR) is 91.0 cm³/mol. The van der Waals surface area contributed by atoms with Crippen LogP contribution in [0.5, 0.6) is 5.75 Å². The van der Waals surface area contributed by atoms with Crippen molar-refractivity contribution in [2.45, 2.75) is 59.8 Å². The normalized spacial score (nSPS) is 9.09. The van der Waals surface area contributed by atoms with Crippen molar-refractivity contribution in [2.75, 3.05) is 6.61 Å². The number of H-pyrrole nitrogens is 1. The smallest absolute Gasteiger partial charge is 0.174 e. The highest BCUT2D eigenvalue weighted by molar-refractivity contribution is 5.20. The Morgan fingerprint density at radius 2 is 1.68 bits per heavy atom. The largest absolute Gasteiger partial charge is 0.494 e. The number of para-hydroxylation sites is 1. The van der Waals surface area contributed by atoms with Gasteiger partial charge in [0.15, 0.2) is 5.82 Å². The fourth-order valence-electron chi connectivity index (χ4n) is 1.56. The monoisotopic (exact) mass is 306 g/mol. The van der Waals surface area contributed by atoms with Gasteiger partial charge in [0.05, 0.1) is 6.61 Å². The number of hydrogen-bond donors (Lipinski definition) is 1. The minimum absolute atomic E-state index is 0.760. The van der Waals surface area contributed by atoms with Gasteiger partial charge in [-0.2, -0.15) is 5.21 Å². The summed E-state index contributed by atoms with van der Waals surface area (Å²) in [6.07, 6.45) is 5.35. The van der Waals surface area contributed by atoms with Gasteiger partial charge in [-0.3, -0.25) is 0 Å². The Bertz CT molecular complexity index is 417. The van der Waals surface area contributed by atoms with Gasteiger partial charge >= 0.3 is 0 Å². The molecule has 5 nitrogen and oxygen atoms in total. The predicted octanol–water partition coefficient (Wildman–Crippen LogP) is 4.43. The molecule has 0 radical (unpaired) electrons. The van der Waals surface area contributed by atoms with E-state index in [1.54, 1.807) is 0 Å². The van der Waals surface area contributed by atoms with E-state index in [1.165, 1.54) is 6.42 Å². The van der Waals surface area contributed by atoms with Gasteiger partial charge in [0, 0.05) is 6.42 Å². The van der Waals surface area contributed by atoms with E-state index in [2.05, 4.69) is 34.5 Å². The van der Waals surface area contributed by atoms with E-state index in [1.807, 2.05) is 44.2 Å². The number of ether oxygens (including phenoxy) is 1. The Hall–Kier alpha value is -1.91. The van der Waals surface area contributed by atoms with Crippen molar-refractivity contribution in [1.29, 1.82) is 0 Å². The standard InChI is InChI=1S/C12H16N4O.C3H8.C2H6/c1-3-7-11(8-4-1)17-10-6-2-5-9-12-13-15-16-14-12;1-3-2;1-2/h1,3-4,7-8H,2,5-6,9-10H2,(H,13,14,15,16);3H2,1-2H3;1-2H3. The van der Waals surface area contributed by atoms with Crippen LogP contribution >= 0.6 is 0 Å². The molecule has 1 N–H and O–H groups in total. The highest BCUT2D eigenvalue weighted by atomic mass is 16.5. The minimum atomic E-state index is 0.760. The molecule has 0 bridgehead atoms. The summed E-state index contributed by atoms with van der Waals surface area (Å²) in [5, 5.41) is 13.8. The van der Waals surface area contributed by atoms with Crippen LogP contribution in [-0.2, 0) is 6.42 Å². The molecule has 0 unspecified atom stereocenters. The van der Waals surface area contributed by atoms with Gasteiger partial charge in [-0.1, -0.05) is 57.5 Å². The molecule has 2 aromatic rings. The van der Waals surface area contributed by atoms with Crippen molar-refractivity contribution in [1.82, 2.24) is 20.6 Å². The van der Waals surface area contributed by atoms with Crippen LogP contribution in [0.3, 0.4) is 0 Å². The summed E-state index contributed by atoms with van der Waals surface area (Å²) in [6, 6.07) is 9.88. The molecule has 0 amide bonds. The van der Waals surface area contributed by atoms with Gasteiger partial charge in [-0.05, 0) is 31.4 Å². The molecule has 1 aromatic heterocycles. The third kappa shape index (κ3) is 10.8. The number of aryl methyl sites for hydroxylation is 1. The molecule has 0 spiro atoms. The van der Waals surface area contributed by atoms with E-state index in [4.69, 9.17) is 4.74 Å². The number of aromatic amines is 1. The van der Waals surface area contributed by atoms with E-state index in [-0.39, 0.29) is 0 Å². The number of benzene rings is 1. The van der Waals surface area contributed by atoms with Gasteiger partial charge in [0.1, 0.15) is 5.75 Å². The first kappa shape index (κ1) is 20.1. The van der Waals surface area contributed by atoms with Crippen LogP contribution in [0.2, 0.25) is 0 Å². The van der Waals surface area contributed by atoms with Gasteiger partial charge in [0.2, 0.25) is 0 Å². The van der Waals surface area contributed by atoms with Crippen molar-refractivity contribution in [3.63, 3.8) is 0 Å². The molecule has 1 aromatic carbocycles. The molecule has 0 aliphatic carbocycles. The Kier molecular flexibility index (Phi) is 14.1. The second-order valence-electron chi connectivity index (χ2n) is 4.51. The number of unbranched alkanes of at least 4 members (excludes halogenated alkanes) is 2. The molecule has 1 heterocycles. The van der Waals surface area contributed by atoms with Crippen LogP contribution in [0.15, 0.2) is 30.3 Å². The van der Waals surface area contributed by atoms with Gasteiger partial charge < -0.3 is 4.74 Å². The van der Waals surface area contributed by atoms with Crippen molar-refractivity contribution in [3.8, 4) is 5.75 Å². The van der Waals surface area contributed by atoms with Crippen molar-refractivity contribution in [3.05, 3.63) is 36.2 Å². The number of nitrogens with one attached hydrogen (secondary N) is 1. The fraction of sp³-hybridized carbons (Fsp3) is 0.588. The van der Waals surface area contributed by atoms with Crippen LogP contribution < -0.4 is 4.74 Å². The molecular formula is C17H30N4O. The Balaban J connectivity index is 0.000000789. The third-order valence-corrected chi connectivity index (χ3v) is 2.45. The molecule has 0 saturated carbocycles. The fourth-order valence-corrected chi connectivity index (χ4v) is 1.56. The number of aromatic nitrogens is 4. The molecule has 0 aliphatic heterocycles. The first-order valence-electron chi connectivity index (χ1n) is 8.27. The van der Waals surface area contributed by atoms with E-state index in [9.17, 15) is 0 Å². The van der Waals surface area contributed by atoms with Crippen LogP contribution in [0.1, 0.15) is 59.2 Å². The lowest BCUT2D eigenvalue weighted by molar-refractivity contribution is 0.305. The maximum atomic E-state index is 5.59. The van der Waals surface area contributed by atoms with E-state index in [0.717, 1.165) is 43.9 Å². The van der Waals surface area contributed by atoms with Crippen LogP contribution in [0.25, 0.3) is 0 Å². The molecule has 0 aliphatic rings. The highest BCUT2D eigenvalue weighted by Gasteiger charge is 1.98. The van der Waals surface area contributed by atoms with Crippen LogP contribution in [0, 0.1) is 0 Å². The first-order chi connectivity index (χ1) is 10.9. The van der Waals surface area contributed by atoms with Crippen LogP contribution in [-0.4, -0.2) is 27.2 Å². The molecular weight excluding hydrogens is 276 g/mol. The average Bonchev–Trinajstić information content (AvgIpc) is 3.08. The van der Waals surface area contributed by atoms with E-state index < -0.39 is 0 Å². The SMILES string of the molecule is CC.CCC.c1ccc(OCCCCCc2nn[nH]n2)cc1. The van der Waals surface area contributed by atoms with Gasteiger partial charge in [-0.25, -0.2) is 0 Å². The highest BCUT2D eigenvalue weighted by Crippen LogP contribution is 2.09. The second kappa shape index (κ2) is 15.5. The molecule has 2 rings (SSSR count). The number of nitrogens with zero attached hydrogens (tertiary/aromatic N) is 3. The topological polar surface area (TPSA) is 63.7 Å². The quantitative estimate of drug-likeness (QED) is 0.768. The summed E-state index contributed by atoms with van der Waals surface area (Å²) < 4.78 is 5.59. The lowest BCUT2D eigenvalue weighted by Gasteiger charge is -2.04. The lowest BCUT2D eigenvalue weighted by atomic mass is 10.2. The first-order valence-corrected chi connectivity index (χ1v) is 8.27. The summed E-state index contributed by atoms with van der Waals surface area (Å²) in [4.78, 5) is 0. The molecule has 0 atom stereocenters. The molecule has 124 valence electrons. The summed E-state index contributed by atoms with van der Waals surface area (Å²) in [5.74, 6) is 1.72. The summed E-state index contributed by atoms with van der Waals surface area (Å²) >= 11 is 0. The maximum Gasteiger partial charge on any atom is 0.174 e. The molecule has 5 heteroatoms. The van der Waals surface area contributed by atoms with E-state index in [0.29, 0.717) is 0 Å². The van der Waals surface area contributed by atoms with Crippen molar-refractivity contribution in [2.24, 2.45) is 0 Å². The summed E-state index contributed by atoms with van der Waals surface area (Å²) in [7, 11) is 0. The number of hydrogen-bond acceptors (Lipinski definition) is 4. The zero-order chi connectivity index (χ0) is 16.5. The van der Waals surface area contributed by atoms with Crippen molar-refractivity contribution < 1.29 is 4.74 Å². The summed E-state index contributed by atoms with van der Waals surface area (Å²) in [5.41, 5.74) is 0. The molecule has 0 fully saturated rings. The zero-order valence-corrected chi connectivity index (χ0v) is 14.4. The number of tetrazole rings is 1. The second-order valence-corrected chi connectivity index (χ2v) is 4.51. The zero-order valence-electron chi connectivity index (χ0n) is 14.4. The molecule has 0 saturated heterocycles. The van der Waals surface area contributed by atoms with Crippen LogP contribution in [0.4, 0.5) is 0 Å².